The molecule has 2 rings (SSSR count). The molecule has 0 bridgehead atoms. The molecule has 154 valence electrons. The molecule has 0 spiro atoms. The first-order valence-electron chi connectivity index (χ1n) is 9.98. The monoisotopic (exact) mass is 474 g/mol. The Morgan fingerprint density at radius 3 is 0.889 bits per heavy atom. The molecule has 0 aliphatic heterocycles. The summed E-state index contributed by atoms with van der Waals surface area (Å²) in [5.41, 5.74) is 0. The summed E-state index contributed by atoms with van der Waals surface area (Å²) in [4.78, 5) is 0. The third kappa shape index (κ3) is 8.54. The maximum absolute atomic E-state index is 2.46. The fourth-order valence-electron chi connectivity index (χ4n) is 2.75. The van der Waals surface area contributed by atoms with Crippen molar-refractivity contribution in [2.45, 2.75) is 78.6 Å². The van der Waals surface area contributed by atoms with Crippen molar-refractivity contribution in [1.82, 2.24) is 0 Å². The smallest absolute Gasteiger partial charge is 0.212 e. The van der Waals surface area contributed by atoms with Crippen molar-refractivity contribution in [2.24, 2.45) is 0 Å². The fraction of sp³-hybridized carbons (Fsp3) is 0.545. The maximum Gasteiger partial charge on any atom is 2.00 e. The molecule has 0 fully saturated rings. The Balaban J connectivity index is 0.000000483. The van der Waals surface area contributed by atoms with Crippen LogP contribution >= 0.6 is 0 Å². The average molecular weight is 475 g/mol. The number of hydrogen-bond acceptors (Lipinski definition) is 0. The maximum atomic E-state index is 2.46. The summed E-state index contributed by atoms with van der Waals surface area (Å²) in [6.07, 6.45) is 0. The molecule has 0 aliphatic carbocycles. The summed E-state index contributed by atoms with van der Waals surface area (Å²) < 4.78 is 0. The van der Waals surface area contributed by atoms with Crippen molar-refractivity contribution in [2.75, 3.05) is 0 Å². The molecule has 5 heteroatoms. The summed E-state index contributed by atoms with van der Waals surface area (Å²) in [6, 6.07) is 14.3. The predicted octanol–water partition coefficient (Wildman–Crippen LogP) is 4.99. The van der Waals surface area contributed by atoms with E-state index >= 15 is 0 Å². The van der Waals surface area contributed by atoms with Crippen molar-refractivity contribution < 1.29 is 17.1 Å². The minimum atomic E-state index is -1.07. The van der Waals surface area contributed by atoms with Gasteiger partial charge in [-0.1, -0.05) is 78.6 Å². The van der Waals surface area contributed by atoms with E-state index in [4.69, 9.17) is 0 Å². The van der Waals surface area contributed by atoms with Crippen LogP contribution in [0.4, 0.5) is 0 Å². The molecule has 0 heterocycles. The van der Waals surface area contributed by atoms with Crippen LogP contribution in [-0.4, -0.2) is 32.3 Å². The van der Waals surface area contributed by atoms with Gasteiger partial charge in [-0.05, 0) is 0 Å². The van der Waals surface area contributed by atoms with Gasteiger partial charge in [0.1, 0.15) is 0 Å². The van der Waals surface area contributed by atoms with Crippen LogP contribution in [0.15, 0.2) is 36.4 Å². The Morgan fingerprint density at radius 1 is 0.519 bits per heavy atom. The fourth-order valence-corrected chi connectivity index (χ4v) is 7.73. The Kier molecular flexibility index (Phi) is 9.30. The first-order chi connectivity index (χ1) is 11.4. The molecule has 27 heavy (non-hydrogen) atoms. The molecule has 0 radical (unpaired) electrons. The topological polar surface area (TPSA) is 0 Å². The van der Waals surface area contributed by atoms with Crippen molar-refractivity contribution >= 4 is 53.0 Å². The first-order valence-corrected chi connectivity index (χ1v) is 24.0. The van der Waals surface area contributed by atoms with Crippen LogP contribution < -0.4 is 20.7 Å². The quantitative estimate of drug-likeness (QED) is 0.433. The molecule has 2 aromatic rings. The van der Waals surface area contributed by atoms with Crippen LogP contribution in [0.3, 0.4) is 0 Å². The minimum Gasteiger partial charge on any atom is -0.212 e. The van der Waals surface area contributed by atoms with Crippen LogP contribution in [0.1, 0.15) is 0 Å². The molecule has 0 aliphatic rings. The van der Waals surface area contributed by atoms with Gasteiger partial charge in [0.15, 0.2) is 0 Å². The van der Waals surface area contributed by atoms with E-state index in [-0.39, 0.29) is 17.1 Å². The SMILES string of the molecule is C[Si](C)(C)c1cc[c-]([Si](C)(C)C)c1.C[Si](C)(C)c1cc[c-]([Si](C)(C)C)c1.[Fe+2]. The van der Waals surface area contributed by atoms with Gasteiger partial charge in [-0.15, -0.1) is 0 Å². The van der Waals surface area contributed by atoms with Gasteiger partial charge >= 0.3 is 17.1 Å². The minimum absolute atomic E-state index is 0. The molecular formula is C22H42FeSi4. The normalized spacial score (nSPS) is 12.9. The van der Waals surface area contributed by atoms with Gasteiger partial charge < -0.3 is 0 Å². The van der Waals surface area contributed by atoms with Crippen molar-refractivity contribution in [3.05, 3.63) is 36.4 Å². The summed E-state index contributed by atoms with van der Waals surface area (Å²) in [5, 5.41) is 6.46. The number of rotatable bonds is 4. The first kappa shape index (κ1) is 27.1. The van der Waals surface area contributed by atoms with Gasteiger partial charge in [-0.2, -0.15) is 34.6 Å². The Labute approximate surface area is 184 Å². The second-order valence-electron chi connectivity index (χ2n) is 11.8. The summed E-state index contributed by atoms with van der Waals surface area (Å²) in [6.45, 7) is 29.0. The predicted molar refractivity (Wildman–Crippen MR) is 136 cm³/mol. The zero-order valence-electron chi connectivity index (χ0n) is 19.8. The molecule has 2 aromatic carbocycles. The summed E-state index contributed by atoms with van der Waals surface area (Å²) >= 11 is 0. The molecular weight excluding hydrogens is 432 g/mol. The van der Waals surface area contributed by atoms with Crippen molar-refractivity contribution in [1.29, 1.82) is 0 Å². The van der Waals surface area contributed by atoms with Gasteiger partial charge in [-0.3, -0.25) is 0 Å². The third-order valence-electron chi connectivity index (χ3n) is 4.97. The Hall–Kier alpha value is 0.0870. The molecule has 0 saturated heterocycles. The molecule has 0 unspecified atom stereocenters. The standard InChI is InChI=1S/2C11H21Si2.Fe/c2*1-12(2,3)10-7-8-11(9-10)13(4,5)6;/h2*7-9H,1-6H3;/q2*-1;+2. The molecule has 0 aromatic heterocycles. The third-order valence-corrected chi connectivity index (χ3v) is 13.1. The van der Waals surface area contributed by atoms with Gasteiger partial charge in [0, 0.05) is 32.3 Å². The average Bonchev–Trinajstić information content (AvgIpc) is 3.06. The van der Waals surface area contributed by atoms with E-state index in [0.717, 1.165) is 0 Å². The van der Waals surface area contributed by atoms with Gasteiger partial charge in [0.05, 0.1) is 0 Å². The Bertz CT molecular complexity index is 579. The van der Waals surface area contributed by atoms with Crippen molar-refractivity contribution in [3.63, 3.8) is 0 Å². The van der Waals surface area contributed by atoms with E-state index in [1.165, 1.54) is 0 Å². The van der Waals surface area contributed by atoms with Crippen LogP contribution in [0, 0.1) is 0 Å². The van der Waals surface area contributed by atoms with E-state index < -0.39 is 32.3 Å². The van der Waals surface area contributed by atoms with Gasteiger partial charge in [-0.25, -0.2) is 22.5 Å². The molecule has 0 nitrogen and oxygen atoms in total. The van der Waals surface area contributed by atoms with Crippen LogP contribution in [0.2, 0.25) is 78.6 Å². The van der Waals surface area contributed by atoms with Gasteiger partial charge in [0.25, 0.3) is 0 Å². The second-order valence-corrected chi connectivity index (χ2v) is 32.1. The van der Waals surface area contributed by atoms with Crippen LogP contribution in [-0.2, 0) is 17.1 Å². The van der Waals surface area contributed by atoms with E-state index in [1.54, 1.807) is 20.7 Å². The van der Waals surface area contributed by atoms with Crippen LogP contribution in [0.25, 0.3) is 0 Å². The largest absolute Gasteiger partial charge is 2.00 e. The molecule has 0 amide bonds. The van der Waals surface area contributed by atoms with E-state index in [2.05, 4.69) is 115 Å². The Morgan fingerprint density at radius 2 is 0.778 bits per heavy atom. The van der Waals surface area contributed by atoms with E-state index in [0.29, 0.717) is 0 Å². The van der Waals surface area contributed by atoms with E-state index in [9.17, 15) is 0 Å². The molecule has 0 N–H and O–H groups in total. The van der Waals surface area contributed by atoms with Crippen molar-refractivity contribution in [3.8, 4) is 0 Å². The summed E-state index contributed by atoms with van der Waals surface area (Å²) in [7, 11) is -4.28. The number of hydrogen-bond donors (Lipinski definition) is 0. The zero-order chi connectivity index (χ0) is 20.6. The molecule has 0 atom stereocenters. The zero-order valence-corrected chi connectivity index (χ0v) is 24.9. The van der Waals surface area contributed by atoms with Gasteiger partial charge in [0.2, 0.25) is 0 Å². The van der Waals surface area contributed by atoms with Crippen LogP contribution in [0.5, 0.6) is 0 Å². The van der Waals surface area contributed by atoms with E-state index in [1.807, 2.05) is 0 Å². The second kappa shape index (κ2) is 9.27. The summed E-state index contributed by atoms with van der Waals surface area (Å²) in [5.74, 6) is 0. The molecule has 0 saturated carbocycles.